The summed E-state index contributed by atoms with van der Waals surface area (Å²) in [6.07, 6.45) is 5.86. The van der Waals surface area contributed by atoms with Crippen molar-refractivity contribution in [1.29, 1.82) is 0 Å². The molecule has 0 saturated heterocycles. The van der Waals surface area contributed by atoms with Crippen LogP contribution in [-0.2, 0) is 5.41 Å². The van der Waals surface area contributed by atoms with Crippen LogP contribution >= 0.6 is 0 Å². The van der Waals surface area contributed by atoms with Gasteiger partial charge in [-0.15, -0.1) is 0 Å². The zero-order valence-electron chi connectivity index (χ0n) is 11.3. The Hall–Kier alpha value is -1.22. The molecular weight excluding hydrogens is 226 g/mol. The van der Waals surface area contributed by atoms with Gasteiger partial charge in [-0.05, 0) is 31.4 Å². The van der Waals surface area contributed by atoms with E-state index in [2.05, 4.69) is 6.92 Å². The molecule has 18 heavy (non-hydrogen) atoms. The van der Waals surface area contributed by atoms with E-state index in [9.17, 15) is 5.11 Å². The number of aromatic hydroxyl groups is 1. The summed E-state index contributed by atoms with van der Waals surface area (Å²) in [5.74, 6) is 0.832. The molecule has 0 unspecified atom stereocenters. The first kappa shape index (κ1) is 13.2. The molecule has 0 spiro atoms. The van der Waals surface area contributed by atoms with Crippen molar-refractivity contribution in [2.24, 2.45) is 5.73 Å². The predicted molar refractivity (Wildman–Crippen MR) is 73.2 cm³/mol. The number of methoxy groups -OCH3 is 1. The normalized spacial score (nSPS) is 18.6. The van der Waals surface area contributed by atoms with Gasteiger partial charge < -0.3 is 15.6 Å². The van der Waals surface area contributed by atoms with E-state index in [-0.39, 0.29) is 11.2 Å². The summed E-state index contributed by atoms with van der Waals surface area (Å²) in [4.78, 5) is 0. The second-order valence-corrected chi connectivity index (χ2v) is 5.35. The van der Waals surface area contributed by atoms with Gasteiger partial charge in [-0.25, -0.2) is 0 Å². The van der Waals surface area contributed by atoms with Crippen LogP contribution in [0.25, 0.3) is 0 Å². The number of phenols is 1. The molecule has 3 N–H and O–H groups in total. The highest BCUT2D eigenvalue weighted by atomic mass is 16.5. The lowest BCUT2D eigenvalue weighted by Gasteiger charge is -2.38. The SMILES string of the molecule is COc1c(O)ccc(C)c1C1(CN)CCCCC1. The lowest BCUT2D eigenvalue weighted by Crippen LogP contribution is -2.38. The first-order valence-corrected chi connectivity index (χ1v) is 6.72. The standard InChI is InChI=1S/C15H23NO2/c1-11-6-7-12(17)14(18-2)13(11)15(10-16)8-4-3-5-9-15/h6-7,17H,3-5,8-10,16H2,1-2H3. The van der Waals surface area contributed by atoms with E-state index in [0.717, 1.165) is 24.0 Å². The van der Waals surface area contributed by atoms with Crippen LogP contribution in [0.1, 0.15) is 43.2 Å². The lowest BCUT2D eigenvalue weighted by molar-refractivity contribution is 0.281. The zero-order valence-corrected chi connectivity index (χ0v) is 11.3. The molecule has 1 aromatic rings. The molecule has 0 amide bonds. The third kappa shape index (κ3) is 2.07. The molecule has 100 valence electrons. The lowest BCUT2D eigenvalue weighted by atomic mass is 9.68. The van der Waals surface area contributed by atoms with Crippen molar-refractivity contribution in [1.82, 2.24) is 0 Å². The third-order valence-corrected chi connectivity index (χ3v) is 4.28. The maximum atomic E-state index is 9.99. The Balaban J connectivity index is 2.56. The number of nitrogens with two attached hydrogens (primary N) is 1. The van der Waals surface area contributed by atoms with Crippen LogP contribution in [0, 0.1) is 6.92 Å². The fourth-order valence-electron chi connectivity index (χ4n) is 3.32. The van der Waals surface area contributed by atoms with Crippen molar-refractivity contribution in [3.8, 4) is 11.5 Å². The van der Waals surface area contributed by atoms with Gasteiger partial charge in [-0.3, -0.25) is 0 Å². The van der Waals surface area contributed by atoms with E-state index in [4.69, 9.17) is 10.5 Å². The van der Waals surface area contributed by atoms with Crippen molar-refractivity contribution < 1.29 is 9.84 Å². The molecule has 1 saturated carbocycles. The Morgan fingerprint density at radius 3 is 2.50 bits per heavy atom. The van der Waals surface area contributed by atoms with Crippen LogP contribution in [0.4, 0.5) is 0 Å². The molecule has 0 aliphatic heterocycles. The minimum absolute atomic E-state index is 0.0214. The Morgan fingerprint density at radius 2 is 1.94 bits per heavy atom. The first-order chi connectivity index (χ1) is 8.64. The van der Waals surface area contributed by atoms with Crippen molar-refractivity contribution >= 4 is 0 Å². The molecule has 0 atom stereocenters. The molecule has 0 heterocycles. The van der Waals surface area contributed by atoms with Crippen molar-refractivity contribution in [2.75, 3.05) is 13.7 Å². The van der Waals surface area contributed by atoms with Gasteiger partial charge in [0.05, 0.1) is 7.11 Å². The van der Waals surface area contributed by atoms with Crippen LogP contribution in [0.3, 0.4) is 0 Å². The smallest absolute Gasteiger partial charge is 0.164 e. The fraction of sp³-hybridized carbons (Fsp3) is 0.600. The van der Waals surface area contributed by atoms with Crippen LogP contribution in [0.5, 0.6) is 11.5 Å². The zero-order chi connectivity index (χ0) is 13.2. The topological polar surface area (TPSA) is 55.5 Å². The average Bonchev–Trinajstić information content (AvgIpc) is 2.41. The maximum absolute atomic E-state index is 9.99. The highest BCUT2D eigenvalue weighted by Crippen LogP contribution is 2.47. The van der Waals surface area contributed by atoms with Crippen molar-refractivity contribution in [3.63, 3.8) is 0 Å². The fourth-order valence-corrected chi connectivity index (χ4v) is 3.32. The Kier molecular flexibility index (Phi) is 3.81. The molecule has 3 nitrogen and oxygen atoms in total. The van der Waals surface area contributed by atoms with Gasteiger partial charge in [0, 0.05) is 17.5 Å². The van der Waals surface area contributed by atoms with E-state index in [0.29, 0.717) is 12.3 Å². The Morgan fingerprint density at radius 1 is 1.28 bits per heavy atom. The average molecular weight is 249 g/mol. The van der Waals surface area contributed by atoms with E-state index in [1.54, 1.807) is 13.2 Å². The summed E-state index contributed by atoms with van der Waals surface area (Å²) in [5, 5.41) is 9.99. The van der Waals surface area contributed by atoms with Gasteiger partial charge in [0.15, 0.2) is 11.5 Å². The van der Waals surface area contributed by atoms with Gasteiger partial charge >= 0.3 is 0 Å². The number of hydrogen-bond acceptors (Lipinski definition) is 3. The molecule has 1 fully saturated rings. The monoisotopic (exact) mass is 249 g/mol. The molecule has 2 rings (SSSR count). The largest absolute Gasteiger partial charge is 0.504 e. The number of ether oxygens (including phenoxy) is 1. The van der Waals surface area contributed by atoms with Gasteiger partial charge in [-0.2, -0.15) is 0 Å². The van der Waals surface area contributed by atoms with Crippen LogP contribution in [0.2, 0.25) is 0 Å². The number of benzene rings is 1. The molecule has 3 heteroatoms. The summed E-state index contributed by atoms with van der Waals surface area (Å²) < 4.78 is 5.43. The molecule has 0 bridgehead atoms. The molecule has 1 aromatic carbocycles. The van der Waals surface area contributed by atoms with E-state index < -0.39 is 0 Å². The van der Waals surface area contributed by atoms with Crippen LogP contribution in [0.15, 0.2) is 12.1 Å². The van der Waals surface area contributed by atoms with E-state index >= 15 is 0 Å². The van der Waals surface area contributed by atoms with E-state index in [1.165, 1.54) is 19.3 Å². The molecule has 0 radical (unpaired) electrons. The van der Waals surface area contributed by atoms with Crippen LogP contribution in [-0.4, -0.2) is 18.8 Å². The Bertz CT molecular complexity index is 423. The predicted octanol–water partition coefficient (Wildman–Crippen LogP) is 2.87. The molecule has 1 aliphatic rings. The highest BCUT2D eigenvalue weighted by molar-refractivity contribution is 5.53. The summed E-state index contributed by atoms with van der Waals surface area (Å²) in [5.41, 5.74) is 8.34. The molecular formula is C15H23NO2. The quantitative estimate of drug-likeness (QED) is 0.866. The number of rotatable bonds is 3. The maximum Gasteiger partial charge on any atom is 0.164 e. The summed E-state index contributed by atoms with van der Waals surface area (Å²) in [6.45, 7) is 2.69. The second-order valence-electron chi connectivity index (χ2n) is 5.35. The minimum Gasteiger partial charge on any atom is -0.504 e. The molecule has 0 aromatic heterocycles. The minimum atomic E-state index is -0.0214. The van der Waals surface area contributed by atoms with Gasteiger partial charge in [-0.1, -0.05) is 25.3 Å². The van der Waals surface area contributed by atoms with Gasteiger partial charge in [0.2, 0.25) is 0 Å². The van der Waals surface area contributed by atoms with Crippen molar-refractivity contribution in [3.05, 3.63) is 23.3 Å². The number of hydrogen-bond donors (Lipinski definition) is 2. The first-order valence-electron chi connectivity index (χ1n) is 6.72. The van der Waals surface area contributed by atoms with Crippen molar-refractivity contribution in [2.45, 2.75) is 44.4 Å². The summed E-state index contributed by atoms with van der Waals surface area (Å²) >= 11 is 0. The van der Waals surface area contributed by atoms with E-state index in [1.807, 2.05) is 6.07 Å². The van der Waals surface area contributed by atoms with Gasteiger partial charge in [0.25, 0.3) is 0 Å². The number of aryl methyl sites for hydroxylation is 1. The summed E-state index contributed by atoms with van der Waals surface area (Å²) in [7, 11) is 1.62. The molecule has 1 aliphatic carbocycles. The highest BCUT2D eigenvalue weighted by Gasteiger charge is 2.37. The third-order valence-electron chi connectivity index (χ3n) is 4.28. The number of phenolic OH excluding ortho intramolecular Hbond substituents is 1. The second kappa shape index (κ2) is 5.19. The van der Waals surface area contributed by atoms with Crippen LogP contribution < -0.4 is 10.5 Å². The summed E-state index contributed by atoms with van der Waals surface area (Å²) in [6, 6.07) is 3.66. The Labute approximate surface area is 109 Å². The van der Waals surface area contributed by atoms with Gasteiger partial charge in [0.1, 0.15) is 0 Å².